The number of thiophene rings is 1. The molecule has 0 bridgehead atoms. The highest BCUT2D eigenvalue weighted by Crippen LogP contribution is 2.25. The smallest absolute Gasteiger partial charge is 0.0584 e. The van der Waals surface area contributed by atoms with Crippen LogP contribution in [-0.4, -0.2) is 0 Å². The molecule has 0 atom stereocenters. The predicted octanol–water partition coefficient (Wildman–Crippen LogP) is 4.49. The van der Waals surface area contributed by atoms with Crippen LogP contribution >= 0.6 is 22.9 Å². The lowest BCUT2D eigenvalue weighted by molar-refractivity contribution is 1.66. The third-order valence-electron chi connectivity index (χ3n) is 1.85. The minimum Gasteiger partial charge on any atom is -0.143 e. The van der Waals surface area contributed by atoms with Crippen molar-refractivity contribution in [2.45, 2.75) is 0 Å². The Bertz CT molecular complexity index is 415. The molecular formula is C12H9ClS. The van der Waals surface area contributed by atoms with Crippen LogP contribution in [0.2, 0.25) is 0 Å². The molecule has 14 heavy (non-hydrogen) atoms. The van der Waals surface area contributed by atoms with Crippen molar-refractivity contribution in [2.75, 3.05) is 0 Å². The number of benzene rings is 1. The van der Waals surface area contributed by atoms with Crippen molar-refractivity contribution < 1.29 is 0 Å². The molecule has 1 aromatic carbocycles. The summed E-state index contributed by atoms with van der Waals surface area (Å²) in [4.78, 5) is 1.11. The van der Waals surface area contributed by atoms with Gasteiger partial charge in [-0.15, -0.1) is 11.3 Å². The van der Waals surface area contributed by atoms with Crippen LogP contribution in [0.15, 0.2) is 47.8 Å². The van der Waals surface area contributed by atoms with E-state index in [9.17, 15) is 0 Å². The molecule has 0 saturated heterocycles. The van der Waals surface area contributed by atoms with Crippen LogP contribution in [0.5, 0.6) is 0 Å². The Kier molecular flexibility index (Phi) is 3.02. The molecule has 0 nitrogen and oxygen atoms in total. The normalized spacial score (nSPS) is 11.6. The highest BCUT2D eigenvalue weighted by atomic mass is 35.5. The molecule has 0 amide bonds. The second-order valence-corrected chi connectivity index (χ2v) is 4.24. The van der Waals surface area contributed by atoms with E-state index in [2.05, 4.69) is 0 Å². The van der Waals surface area contributed by atoms with Gasteiger partial charge in [0.25, 0.3) is 0 Å². The van der Waals surface area contributed by atoms with Gasteiger partial charge in [0.1, 0.15) is 0 Å². The summed E-state index contributed by atoms with van der Waals surface area (Å²) in [7, 11) is 0. The van der Waals surface area contributed by atoms with Crippen molar-refractivity contribution >= 4 is 34.0 Å². The maximum atomic E-state index is 6.15. The van der Waals surface area contributed by atoms with Gasteiger partial charge in [-0.3, -0.25) is 0 Å². The average Bonchev–Trinajstić information content (AvgIpc) is 2.72. The number of hydrogen-bond donors (Lipinski definition) is 0. The van der Waals surface area contributed by atoms with E-state index >= 15 is 0 Å². The Labute approximate surface area is 92.5 Å². The first kappa shape index (κ1) is 9.50. The third-order valence-corrected chi connectivity index (χ3v) is 3.18. The average molecular weight is 221 g/mol. The number of halogens is 1. The molecular weight excluding hydrogens is 212 g/mol. The van der Waals surface area contributed by atoms with Gasteiger partial charge in [-0.1, -0.05) is 48.0 Å². The summed E-state index contributed by atoms with van der Waals surface area (Å²) in [5.41, 5.74) is 1.13. The Hall–Kier alpha value is -1.05. The summed E-state index contributed by atoms with van der Waals surface area (Å²) in [5, 5.41) is 2.82. The summed E-state index contributed by atoms with van der Waals surface area (Å²) in [6.45, 7) is 0. The van der Waals surface area contributed by atoms with E-state index in [0.29, 0.717) is 0 Å². The molecule has 0 spiro atoms. The summed E-state index contributed by atoms with van der Waals surface area (Å²) in [5.74, 6) is 0. The highest BCUT2D eigenvalue weighted by Gasteiger charge is 1.97. The zero-order valence-electron chi connectivity index (χ0n) is 7.48. The zero-order chi connectivity index (χ0) is 9.80. The predicted molar refractivity (Wildman–Crippen MR) is 64.5 cm³/mol. The second-order valence-electron chi connectivity index (χ2n) is 2.88. The van der Waals surface area contributed by atoms with Crippen LogP contribution in [0.25, 0.3) is 11.1 Å². The first-order chi connectivity index (χ1) is 6.86. The summed E-state index contributed by atoms with van der Waals surface area (Å²) in [6, 6.07) is 14.1. The number of hydrogen-bond acceptors (Lipinski definition) is 1. The van der Waals surface area contributed by atoms with E-state index < -0.39 is 0 Å². The van der Waals surface area contributed by atoms with Gasteiger partial charge in [0.2, 0.25) is 0 Å². The molecule has 2 heteroatoms. The van der Waals surface area contributed by atoms with Crippen molar-refractivity contribution in [2.24, 2.45) is 0 Å². The molecule has 1 aromatic heterocycles. The molecule has 0 unspecified atom stereocenters. The molecule has 0 radical (unpaired) electrons. The minimum atomic E-state index is 0.797. The first-order valence-corrected chi connectivity index (χ1v) is 5.58. The topological polar surface area (TPSA) is 0 Å². The fraction of sp³-hybridized carbons (Fsp3) is 0. The minimum absolute atomic E-state index is 0.797. The summed E-state index contributed by atoms with van der Waals surface area (Å²) in [6.07, 6.45) is 1.98. The van der Waals surface area contributed by atoms with Crippen molar-refractivity contribution in [1.82, 2.24) is 0 Å². The van der Waals surface area contributed by atoms with Crippen molar-refractivity contribution in [3.05, 3.63) is 58.3 Å². The van der Waals surface area contributed by atoms with Gasteiger partial charge in [-0.05, 0) is 23.1 Å². The van der Waals surface area contributed by atoms with Crippen LogP contribution in [0, 0.1) is 0 Å². The molecule has 0 N–H and O–H groups in total. The molecule has 0 fully saturated rings. The summed E-state index contributed by atoms with van der Waals surface area (Å²) < 4.78 is 0. The van der Waals surface area contributed by atoms with E-state index in [4.69, 9.17) is 11.6 Å². The molecule has 0 aliphatic carbocycles. The Morgan fingerprint density at radius 2 is 1.86 bits per heavy atom. The molecule has 0 saturated carbocycles. The van der Waals surface area contributed by atoms with Crippen molar-refractivity contribution in [1.29, 1.82) is 0 Å². The van der Waals surface area contributed by atoms with Crippen LogP contribution in [-0.2, 0) is 0 Å². The van der Waals surface area contributed by atoms with Gasteiger partial charge < -0.3 is 0 Å². The quantitative estimate of drug-likeness (QED) is 0.700. The highest BCUT2D eigenvalue weighted by molar-refractivity contribution is 7.12. The summed E-state index contributed by atoms with van der Waals surface area (Å²) >= 11 is 7.80. The van der Waals surface area contributed by atoms with E-state index in [0.717, 1.165) is 15.5 Å². The molecule has 0 aliphatic heterocycles. The second kappa shape index (κ2) is 4.45. The lowest BCUT2D eigenvalue weighted by Gasteiger charge is -1.95. The Morgan fingerprint density at radius 1 is 1.07 bits per heavy atom. The molecule has 2 rings (SSSR count). The van der Waals surface area contributed by atoms with Crippen LogP contribution < -0.4 is 0 Å². The fourth-order valence-corrected chi connectivity index (χ4v) is 2.14. The standard InChI is InChI=1S/C12H9ClS/c13-11(12-7-4-8-14-12)9-10-5-2-1-3-6-10/h1-9H/b11-9-. The monoisotopic (exact) mass is 220 g/mol. The lowest BCUT2D eigenvalue weighted by Crippen LogP contribution is -1.71. The fourth-order valence-electron chi connectivity index (χ4n) is 1.18. The van der Waals surface area contributed by atoms with E-state index in [1.807, 2.05) is 53.9 Å². The van der Waals surface area contributed by atoms with Gasteiger partial charge in [-0.2, -0.15) is 0 Å². The Morgan fingerprint density at radius 3 is 2.50 bits per heavy atom. The van der Waals surface area contributed by atoms with Crippen molar-refractivity contribution in [3.63, 3.8) is 0 Å². The first-order valence-electron chi connectivity index (χ1n) is 4.32. The van der Waals surface area contributed by atoms with Crippen LogP contribution in [0.1, 0.15) is 10.4 Å². The molecule has 70 valence electrons. The maximum Gasteiger partial charge on any atom is 0.0584 e. The maximum absolute atomic E-state index is 6.15. The lowest BCUT2D eigenvalue weighted by atomic mass is 10.2. The zero-order valence-corrected chi connectivity index (χ0v) is 9.05. The largest absolute Gasteiger partial charge is 0.143 e. The van der Waals surface area contributed by atoms with Gasteiger partial charge in [0, 0.05) is 4.88 Å². The van der Waals surface area contributed by atoms with Crippen LogP contribution in [0.4, 0.5) is 0 Å². The van der Waals surface area contributed by atoms with Gasteiger partial charge in [-0.25, -0.2) is 0 Å². The molecule has 2 aromatic rings. The van der Waals surface area contributed by atoms with Gasteiger partial charge in [0.15, 0.2) is 0 Å². The van der Waals surface area contributed by atoms with Crippen LogP contribution in [0.3, 0.4) is 0 Å². The Balaban J connectivity index is 2.28. The molecule has 1 heterocycles. The van der Waals surface area contributed by atoms with Gasteiger partial charge >= 0.3 is 0 Å². The van der Waals surface area contributed by atoms with E-state index in [-0.39, 0.29) is 0 Å². The van der Waals surface area contributed by atoms with Crippen molar-refractivity contribution in [3.8, 4) is 0 Å². The van der Waals surface area contributed by atoms with E-state index in [1.54, 1.807) is 11.3 Å². The SMILES string of the molecule is Cl/C(=C\c1ccccc1)c1cccs1. The van der Waals surface area contributed by atoms with E-state index in [1.165, 1.54) is 0 Å². The number of rotatable bonds is 2. The third kappa shape index (κ3) is 2.25. The molecule has 0 aliphatic rings. The van der Waals surface area contributed by atoms with Gasteiger partial charge in [0.05, 0.1) is 5.03 Å².